The number of piperidine rings is 1. The Balaban J connectivity index is 1.46. The Hall–Kier alpha value is -0.0800. The monoisotopic (exact) mass is 224 g/mol. The molecule has 1 unspecified atom stereocenters. The SMILES string of the molecule is CC1CCCCN1CCCNCC1CCC1. The van der Waals surface area contributed by atoms with Crippen molar-refractivity contribution in [1.82, 2.24) is 10.2 Å². The normalized spacial score (nSPS) is 27.9. The summed E-state index contributed by atoms with van der Waals surface area (Å²) in [5.74, 6) is 1.01. The van der Waals surface area contributed by atoms with Gasteiger partial charge < -0.3 is 10.2 Å². The number of nitrogens with one attached hydrogen (secondary N) is 1. The third-order valence-electron chi connectivity index (χ3n) is 4.40. The van der Waals surface area contributed by atoms with Crippen LogP contribution in [0.3, 0.4) is 0 Å². The van der Waals surface area contributed by atoms with Gasteiger partial charge in [-0.1, -0.05) is 12.8 Å². The van der Waals surface area contributed by atoms with E-state index in [1.807, 2.05) is 0 Å². The second-order valence-corrected chi connectivity index (χ2v) is 5.74. The number of hydrogen-bond acceptors (Lipinski definition) is 2. The van der Waals surface area contributed by atoms with E-state index in [0.717, 1.165) is 12.0 Å². The molecular formula is C14H28N2. The van der Waals surface area contributed by atoms with Crippen molar-refractivity contribution in [3.8, 4) is 0 Å². The molecule has 1 heterocycles. The lowest BCUT2D eigenvalue weighted by Gasteiger charge is -2.33. The van der Waals surface area contributed by atoms with Crippen LogP contribution in [0, 0.1) is 5.92 Å². The summed E-state index contributed by atoms with van der Waals surface area (Å²) in [6, 6.07) is 0.834. The van der Waals surface area contributed by atoms with Crippen LogP contribution in [-0.4, -0.2) is 37.1 Å². The smallest absolute Gasteiger partial charge is 0.00669 e. The van der Waals surface area contributed by atoms with E-state index in [1.165, 1.54) is 71.1 Å². The van der Waals surface area contributed by atoms with Gasteiger partial charge in [-0.3, -0.25) is 0 Å². The van der Waals surface area contributed by atoms with E-state index in [4.69, 9.17) is 0 Å². The summed E-state index contributed by atoms with van der Waals surface area (Å²) >= 11 is 0. The first kappa shape index (κ1) is 12.4. The number of nitrogens with zero attached hydrogens (tertiary/aromatic N) is 1. The van der Waals surface area contributed by atoms with Gasteiger partial charge in [0.2, 0.25) is 0 Å². The summed E-state index contributed by atoms with van der Waals surface area (Å²) in [6.07, 6.45) is 10.0. The number of likely N-dealkylation sites (tertiary alicyclic amines) is 1. The van der Waals surface area contributed by atoms with Crippen LogP contribution in [-0.2, 0) is 0 Å². The summed E-state index contributed by atoms with van der Waals surface area (Å²) in [5.41, 5.74) is 0. The summed E-state index contributed by atoms with van der Waals surface area (Å²) < 4.78 is 0. The standard InChI is InChI=1S/C14H28N2/c1-13-6-2-3-10-16(13)11-5-9-15-12-14-7-4-8-14/h13-15H,2-12H2,1H3. The Bertz CT molecular complexity index is 189. The second-order valence-electron chi connectivity index (χ2n) is 5.74. The van der Waals surface area contributed by atoms with Crippen molar-refractivity contribution in [2.45, 2.75) is 57.9 Å². The fraction of sp³-hybridized carbons (Fsp3) is 1.00. The lowest BCUT2D eigenvalue weighted by atomic mass is 9.85. The molecule has 2 heteroatoms. The Morgan fingerprint density at radius 1 is 1.12 bits per heavy atom. The number of hydrogen-bond donors (Lipinski definition) is 1. The number of rotatable bonds is 6. The van der Waals surface area contributed by atoms with Crippen molar-refractivity contribution in [3.05, 3.63) is 0 Å². The van der Waals surface area contributed by atoms with Crippen LogP contribution >= 0.6 is 0 Å². The molecule has 2 nitrogen and oxygen atoms in total. The van der Waals surface area contributed by atoms with Gasteiger partial charge in [0.25, 0.3) is 0 Å². The van der Waals surface area contributed by atoms with Gasteiger partial charge in [-0.05, 0) is 71.1 Å². The second kappa shape index (κ2) is 6.61. The third-order valence-corrected chi connectivity index (χ3v) is 4.40. The van der Waals surface area contributed by atoms with Gasteiger partial charge in [0.05, 0.1) is 0 Å². The Morgan fingerprint density at radius 2 is 2.00 bits per heavy atom. The molecule has 0 aromatic rings. The van der Waals surface area contributed by atoms with Crippen molar-refractivity contribution in [1.29, 1.82) is 0 Å². The van der Waals surface area contributed by atoms with Crippen LogP contribution < -0.4 is 5.32 Å². The van der Waals surface area contributed by atoms with Gasteiger partial charge in [0.15, 0.2) is 0 Å². The molecule has 1 atom stereocenters. The van der Waals surface area contributed by atoms with Gasteiger partial charge in [-0.15, -0.1) is 0 Å². The molecule has 0 bridgehead atoms. The van der Waals surface area contributed by atoms with Crippen LogP contribution in [0.4, 0.5) is 0 Å². The minimum absolute atomic E-state index is 0.834. The predicted molar refractivity (Wildman–Crippen MR) is 69.7 cm³/mol. The van der Waals surface area contributed by atoms with Crippen LogP contribution in [0.1, 0.15) is 51.9 Å². The lowest BCUT2D eigenvalue weighted by molar-refractivity contribution is 0.158. The molecule has 94 valence electrons. The highest BCUT2D eigenvalue weighted by Gasteiger charge is 2.18. The fourth-order valence-electron chi connectivity index (χ4n) is 2.90. The lowest BCUT2D eigenvalue weighted by Crippen LogP contribution is -2.39. The zero-order valence-corrected chi connectivity index (χ0v) is 10.9. The molecule has 0 aromatic heterocycles. The zero-order valence-electron chi connectivity index (χ0n) is 10.9. The minimum atomic E-state index is 0.834. The Kier molecular flexibility index (Phi) is 5.11. The molecule has 16 heavy (non-hydrogen) atoms. The molecule has 1 aliphatic carbocycles. The van der Waals surface area contributed by atoms with Crippen LogP contribution in [0.2, 0.25) is 0 Å². The molecule has 1 saturated carbocycles. The van der Waals surface area contributed by atoms with Gasteiger partial charge in [-0.25, -0.2) is 0 Å². The summed E-state index contributed by atoms with van der Waals surface area (Å²) in [5, 5.41) is 3.62. The maximum absolute atomic E-state index is 3.62. The molecule has 0 radical (unpaired) electrons. The Labute approximate surface area is 101 Å². The molecule has 2 rings (SSSR count). The van der Waals surface area contributed by atoms with E-state index >= 15 is 0 Å². The highest BCUT2D eigenvalue weighted by molar-refractivity contribution is 4.74. The maximum atomic E-state index is 3.62. The van der Waals surface area contributed by atoms with E-state index in [-0.39, 0.29) is 0 Å². The van der Waals surface area contributed by atoms with Crippen LogP contribution in [0.5, 0.6) is 0 Å². The summed E-state index contributed by atoms with van der Waals surface area (Å²) in [7, 11) is 0. The molecule has 0 aromatic carbocycles. The Morgan fingerprint density at radius 3 is 2.69 bits per heavy atom. The quantitative estimate of drug-likeness (QED) is 0.698. The average molecular weight is 224 g/mol. The molecule has 1 aliphatic heterocycles. The van der Waals surface area contributed by atoms with Gasteiger partial charge in [0, 0.05) is 6.04 Å². The van der Waals surface area contributed by atoms with Crippen molar-refractivity contribution in [3.63, 3.8) is 0 Å². The zero-order chi connectivity index (χ0) is 11.2. The third kappa shape index (κ3) is 3.74. The van der Waals surface area contributed by atoms with E-state index in [9.17, 15) is 0 Å². The molecule has 0 amide bonds. The van der Waals surface area contributed by atoms with E-state index in [1.54, 1.807) is 0 Å². The first-order chi connectivity index (χ1) is 7.86. The molecule has 1 N–H and O–H groups in total. The fourth-order valence-corrected chi connectivity index (χ4v) is 2.90. The topological polar surface area (TPSA) is 15.3 Å². The minimum Gasteiger partial charge on any atom is -0.316 e. The van der Waals surface area contributed by atoms with E-state index < -0.39 is 0 Å². The van der Waals surface area contributed by atoms with Gasteiger partial charge in [-0.2, -0.15) is 0 Å². The molecule has 1 saturated heterocycles. The predicted octanol–water partition coefficient (Wildman–Crippen LogP) is 2.64. The summed E-state index contributed by atoms with van der Waals surface area (Å²) in [4.78, 5) is 2.68. The molecule has 2 fully saturated rings. The first-order valence-electron chi connectivity index (χ1n) is 7.31. The van der Waals surface area contributed by atoms with E-state index in [2.05, 4.69) is 17.1 Å². The highest BCUT2D eigenvalue weighted by atomic mass is 15.2. The highest BCUT2D eigenvalue weighted by Crippen LogP contribution is 2.25. The van der Waals surface area contributed by atoms with Gasteiger partial charge >= 0.3 is 0 Å². The van der Waals surface area contributed by atoms with Crippen molar-refractivity contribution in [2.75, 3.05) is 26.2 Å². The van der Waals surface area contributed by atoms with Crippen molar-refractivity contribution >= 4 is 0 Å². The van der Waals surface area contributed by atoms with Crippen LogP contribution in [0.15, 0.2) is 0 Å². The molecule has 0 spiro atoms. The first-order valence-corrected chi connectivity index (χ1v) is 7.31. The van der Waals surface area contributed by atoms with E-state index in [0.29, 0.717) is 0 Å². The largest absolute Gasteiger partial charge is 0.316 e. The maximum Gasteiger partial charge on any atom is 0.00669 e. The van der Waals surface area contributed by atoms with Crippen molar-refractivity contribution < 1.29 is 0 Å². The molecule has 2 aliphatic rings. The average Bonchev–Trinajstić information content (AvgIpc) is 2.23. The van der Waals surface area contributed by atoms with Crippen molar-refractivity contribution in [2.24, 2.45) is 5.92 Å². The van der Waals surface area contributed by atoms with Gasteiger partial charge in [0.1, 0.15) is 0 Å². The van der Waals surface area contributed by atoms with Crippen LogP contribution in [0.25, 0.3) is 0 Å². The summed E-state index contributed by atoms with van der Waals surface area (Å²) in [6.45, 7) is 7.53. The molecular weight excluding hydrogens is 196 g/mol.